The number of alkyl halides is 3. The number of ether oxygens (including phenoxy) is 2. The van der Waals surface area contributed by atoms with E-state index in [-0.39, 0.29) is 35.1 Å². The SMILES string of the molecule is COC(=O)c1ccc(OC(=O)CCCc2ccc(NC(=O)c3ccccc3-c3ccc(C(F)(F)F)cc3)c(C(=O)N(C)C)c2)c(C(C)C)c1. The number of aryl methyl sites for hydroxylation is 1. The Morgan fingerprint density at radius 1 is 0.857 bits per heavy atom. The molecule has 0 aliphatic rings. The van der Waals surface area contributed by atoms with Crippen LogP contribution >= 0.6 is 0 Å². The number of hydrogen-bond acceptors (Lipinski definition) is 6. The maximum atomic E-state index is 13.5. The van der Waals surface area contributed by atoms with E-state index >= 15 is 0 Å². The minimum atomic E-state index is -4.49. The van der Waals surface area contributed by atoms with Crippen molar-refractivity contribution in [1.29, 1.82) is 0 Å². The highest BCUT2D eigenvalue weighted by Gasteiger charge is 2.30. The zero-order chi connectivity index (χ0) is 35.9. The topological polar surface area (TPSA) is 102 Å². The molecule has 0 fully saturated rings. The summed E-state index contributed by atoms with van der Waals surface area (Å²) >= 11 is 0. The van der Waals surface area contributed by atoms with Crippen molar-refractivity contribution in [2.75, 3.05) is 26.5 Å². The molecule has 0 radical (unpaired) electrons. The number of carbonyl (C=O) groups excluding carboxylic acids is 4. The van der Waals surface area contributed by atoms with Crippen molar-refractivity contribution in [1.82, 2.24) is 4.90 Å². The number of halogens is 3. The van der Waals surface area contributed by atoms with E-state index < -0.39 is 29.6 Å². The van der Waals surface area contributed by atoms with Gasteiger partial charge in [0, 0.05) is 26.1 Å². The number of amides is 2. The van der Waals surface area contributed by atoms with Gasteiger partial charge in [-0.25, -0.2) is 4.79 Å². The zero-order valence-corrected chi connectivity index (χ0v) is 27.8. The van der Waals surface area contributed by atoms with E-state index in [0.717, 1.165) is 17.7 Å². The van der Waals surface area contributed by atoms with Crippen LogP contribution in [0.3, 0.4) is 0 Å². The Morgan fingerprint density at radius 2 is 1.55 bits per heavy atom. The van der Waals surface area contributed by atoms with E-state index in [9.17, 15) is 32.3 Å². The lowest BCUT2D eigenvalue weighted by atomic mass is 9.97. The molecule has 4 aromatic carbocycles. The monoisotopic (exact) mass is 674 g/mol. The maximum absolute atomic E-state index is 13.5. The van der Waals surface area contributed by atoms with E-state index in [4.69, 9.17) is 9.47 Å². The van der Waals surface area contributed by atoms with E-state index in [1.807, 2.05) is 13.8 Å². The summed E-state index contributed by atoms with van der Waals surface area (Å²) < 4.78 is 49.7. The molecule has 8 nitrogen and oxygen atoms in total. The molecule has 4 rings (SSSR count). The highest BCUT2D eigenvalue weighted by atomic mass is 19.4. The van der Waals surface area contributed by atoms with Crippen molar-refractivity contribution in [2.45, 2.75) is 45.2 Å². The summed E-state index contributed by atoms with van der Waals surface area (Å²) in [6, 6.07) is 20.8. The van der Waals surface area contributed by atoms with Gasteiger partial charge in [0.05, 0.1) is 29.5 Å². The van der Waals surface area contributed by atoms with Gasteiger partial charge >= 0.3 is 18.1 Å². The van der Waals surface area contributed by atoms with Gasteiger partial charge in [-0.3, -0.25) is 14.4 Å². The number of nitrogens with one attached hydrogen (secondary N) is 1. The van der Waals surface area contributed by atoms with Crippen LogP contribution in [0.25, 0.3) is 11.1 Å². The molecular weight excluding hydrogens is 637 g/mol. The first-order valence-corrected chi connectivity index (χ1v) is 15.5. The Morgan fingerprint density at radius 3 is 2.18 bits per heavy atom. The van der Waals surface area contributed by atoms with Gasteiger partial charge in [0.25, 0.3) is 11.8 Å². The molecule has 0 aliphatic carbocycles. The predicted molar refractivity (Wildman–Crippen MR) is 180 cm³/mol. The van der Waals surface area contributed by atoms with E-state index in [2.05, 4.69) is 5.32 Å². The Bertz CT molecular complexity index is 1850. The molecule has 0 atom stereocenters. The van der Waals surface area contributed by atoms with Crippen molar-refractivity contribution in [3.05, 3.63) is 118 Å². The molecule has 0 aromatic heterocycles. The van der Waals surface area contributed by atoms with Crippen molar-refractivity contribution in [3.63, 3.8) is 0 Å². The second-order valence-electron chi connectivity index (χ2n) is 11.9. The van der Waals surface area contributed by atoms with Crippen molar-refractivity contribution in [2.24, 2.45) is 0 Å². The van der Waals surface area contributed by atoms with Crippen molar-refractivity contribution in [3.8, 4) is 16.9 Å². The number of esters is 2. The molecule has 2 amide bonds. The third-order valence-electron chi connectivity index (χ3n) is 7.79. The van der Waals surface area contributed by atoms with E-state index in [1.165, 1.54) is 30.2 Å². The first-order valence-electron chi connectivity index (χ1n) is 15.5. The third kappa shape index (κ3) is 9.13. The summed E-state index contributed by atoms with van der Waals surface area (Å²) in [6.45, 7) is 3.84. The molecule has 0 unspecified atom stereocenters. The Hall–Kier alpha value is -5.45. The van der Waals surface area contributed by atoms with E-state index in [0.29, 0.717) is 40.8 Å². The lowest BCUT2D eigenvalue weighted by Crippen LogP contribution is -2.24. The highest BCUT2D eigenvalue weighted by molar-refractivity contribution is 6.11. The molecule has 0 saturated heterocycles. The van der Waals surface area contributed by atoms with Gasteiger partial charge in [0.15, 0.2) is 0 Å². The number of rotatable bonds is 11. The number of hydrogen-bond donors (Lipinski definition) is 1. The van der Waals surface area contributed by atoms with Crippen LogP contribution in [0.15, 0.2) is 84.9 Å². The normalized spacial score (nSPS) is 11.2. The summed E-state index contributed by atoms with van der Waals surface area (Å²) in [7, 11) is 4.46. The van der Waals surface area contributed by atoms with Gasteiger partial charge in [-0.1, -0.05) is 50.2 Å². The molecule has 0 spiro atoms. The van der Waals surface area contributed by atoms with Crippen molar-refractivity contribution >= 4 is 29.4 Å². The van der Waals surface area contributed by atoms with Gasteiger partial charge in [-0.2, -0.15) is 13.2 Å². The summed E-state index contributed by atoms with van der Waals surface area (Å²) in [5.41, 5.74) is 2.57. The molecule has 256 valence electrons. The van der Waals surface area contributed by atoms with Crippen LogP contribution < -0.4 is 10.1 Å². The molecule has 1 N–H and O–H groups in total. The second kappa shape index (κ2) is 15.6. The lowest BCUT2D eigenvalue weighted by Gasteiger charge is -2.17. The standard InChI is InChI=1S/C38H37F3N2O6/c1-23(2)30-22-26(37(47)48-5)16-20-33(30)49-34(44)12-8-9-24-13-19-32(31(21-24)36(46)43(3)4)42-35(45)29-11-7-6-10-28(29)25-14-17-27(18-15-25)38(39,40)41/h6-7,10-11,13-23H,8-9,12H2,1-5H3,(H,42,45). The summed E-state index contributed by atoms with van der Waals surface area (Å²) in [6.07, 6.45) is -3.55. The molecule has 11 heteroatoms. The average Bonchev–Trinajstić information content (AvgIpc) is 3.07. The fourth-order valence-electron chi connectivity index (χ4n) is 5.18. The number of carbonyl (C=O) groups is 4. The van der Waals surface area contributed by atoms with Gasteiger partial charge in [-0.05, 0) is 89.5 Å². The fraction of sp³-hybridized carbons (Fsp3) is 0.263. The number of methoxy groups -OCH3 is 1. The highest BCUT2D eigenvalue weighted by Crippen LogP contribution is 2.33. The summed E-state index contributed by atoms with van der Waals surface area (Å²) in [5, 5.41) is 2.80. The van der Waals surface area contributed by atoms with Crippen LogP contribution in [0, 0.1) is 0 Å². The van der Waals surface area contributed by atoms with E-state index in [1.54, 1.807) is 68.7 Å². The Kier molecular flexibility index (Phi) is 11.6. The van der Waals surface area contributed by atoms with Gasteiger partial charge in [0.2, 0.25) is 0 Å². The predicted octanol–water partition coefficient (Wildman–Crippen LogP) is 8.16. The Labute approximate surface area is 282 Å². The largest absolute Gasteiger partial charge is 0.465 e. The third-order valence-corrected chi connectivity index (χ3v) is 7.79. The molecule has 49 heavy (non-hydrogen) atoms. The average molecular weight is 675 g/mol. The van der Waals surface area contributed by atoms with Gasteiger partial charge in [-0.15, -0.1) is 0 Å². The van der Waals surface area contributed by atoms with Gasteiger partial charge < -0.3 is 19.7 Å². The second-order valence-corrected chi connectivity index (χ2v) is 11.9. The maximum Gasteiger partial charge on any atom is 0.416 e. The Balaban J connectivity index is 1.48. The number of anilines is 1. The van der Waals surface area contributed by atoms with Crippen LogP contribution in [0.5, 0.6) is 5.75 Å². The molecule has 0 saturated carbocycles. The lowest BCUT2D eigenvalue weighted by molar-refractivity contribution is -0.137. The van der Waals surface area contributed by atoms with Crippen LogP contribution in [0.4, 0.5) is 18.9 Å². The minimum Gasteiger partial charge on any atom is -0.465 e. The molecule has 0 bridgehead atoms. The molecule has 4 aromatic rings. The minimum absolute atomic E-state index is 0.0163. The zero-order valence-electron chi connectivity index (χ0n) is 27.8. The van der Waals surface area contributed by atoms with Crippen molar-refractivity contribution < 1.29 is 41.8 Å². The summed E-state index contributed by atoms with van der Waals surface area (Å²) in [5.74, 6) is -1.49. The summed E-state index contributed by atoms with van der Waals surface area (Å²) in [4.78, 5) is 52.7. The number of nitrogens with zero attached hydrogens (tertiary/aromatic N) is 1. The molecule has 0 aliphatic heterocycles. The number of benzene rings is 4. The molecular formula is C38H37F3N2O6. The van der Waals surface area contributed by atoms with Gasteiger partial charge in [0.1, 0.15) is 5.75 Å². The smallest absolute Gasteiger partial charge is 0.416 e. The van der Waals surface area contributed by atoms with Crippen LogP contribution in [0.1, 0.15) is 80.4 Å². The fourth-order valence-corrected chi connectivity index (χ4v) is 5.18. The molecule has 0 heterocycles. The first-order chi connectivity index (χ1) is 23.2. The first kappa shape index (κ1) is 36.4. The van der Waals surface area contributed by atoms with Crippen LogP contribution in [-0.4, -0.2) is 49.9 Å². The van der Waals surface area contributed by atoms with Crippen LogP contribution in [-0.2, 0) is 22.1 Å². The quantitative estimate of drug-likeness (QED) is 0.127. The van der Waals surface area contributed by atoms with Crippen LogP contribution in [0.2, 0.25) is 0 Å².